The van der Waals surface area contributed by atoms with Crippen molar-refractivity contribution in [3.8, 4) is 6.07 Å². The fourth-order valence-corrected chi connectivity index (χ4v) is 1.28. The van der Waals surface area contributed by atoms with Gasteiger partial charge in [0.15, 0.2) is 0 Å². The normalized spacial score (nSPS) is 11.5. The predicted molar refractivity (Wildman–Crippen MR) is 56.5 cm³/mol. The first-order valence-electron chi connectivity index (χ1n) is 4.61. The molecule has 0 spiro atoms. The van der Waals surface area contributed by atoms with Gasteiger partial charge in [-0.1, -0.05) is 12.1 Å². The van der Waals surface area contributed by atoms with Gasteiger partial charge in [-0.05, 0) is 19.1 Å². The monoisotopic (exact) mass is 204 g/mol. The lowest BCUT2D eigenvalue weighted by Crippen LogP contribution is -2.19. The van der Waals surface area contributed by atoms with Crippen molar-refractivity contribution in [1.29, 1.82) is 5.26 Å². The molecule has 1 atom stereocenters. The number of nitriles is 1. The summed E-state index contributed by atoms with van der Waals surface area (Å²) in [6.45, 7) is 1.77. The molecule has 1 rings (SSSR count). The Labute approximate surface area is 88.2 Å². The first-order chi connectivity index (χ1) is 7.13. The van der Waals surface area contributed by atoms with E-state index in [-0.39, 0.29) is 12.5 Å². The van der Waals surface area contributed by atoms with E-state index in [1.54, 1.807) is 31.2 Å². The number of nitrogens with one attached hydrogen (secondary N) is 1. The van der Waals surface area contributed by atoms with Crippen LogP contribution in [0.2, 0.25) is 0 Å². The highest BCUT2D eigenvalue weighted by molar-refractivity contribution is 5.68. The van der Waals surface area contributed by atoms with Crippen LogP contribution in [0.3, 0.4) is 0 Å². The van der Waals surface area contributed by atoms with Gasteiger partial charge in [-0.3, -0.25) is 4.79 Å². The lowest BCUT2D eigenvalue weighted by Gasteiger charge is -2.13. The van der Waals surface area contributed by atoms with Crippen molar-refractivity contribution in [3.05, 3.63) is 29.8 Å². The number of rotatable bonds is 4. The maximum atomic E-state index is 10.4. The number of nitrogens with zero attached hydrogens (tertiary/aromatic N) is 1. The molecule has 0 amide bonds. The molecular formula is C11H12N2O2. The molecule has 78 valence electrons. The fourth-order valence-electron chi connectivity index (χ4n) is 1.28. The van der Waals surface area contributed by atoms with Gasteiger partial charge >= 0.3 is 5.97 Å². The fraction of sp³-hybridized carbons (Fsp3) is 0.273. The summed E-state index contributed by atoms with van der Waals surface area (Å²) in [6, 6.07) is 8.87. The lowest BCUT2D eigenvalue weighted by molar-refractivity contribution is -0.137. The number of aliphatic carboxylic acids is 1. The molecule has 0 fully saturated rings. The zero-order valence-electron chi connectivity index (χ0n) is 8.40. The number of benzene rings is 1. The topological polar surface area (TPSA) is 73.1 Å². The highest BCUT2D eigenvalue weighted by atomic mass is 16.4. The Kier molecular flexibility index (Phi) is 3.69. The largest absolute Gasteiger partial charge is 0.481 e. The number of carbonyl (C=O) groups is 1. The van der Waals surface area contributed by atoms with Crippen LogP contribution in [-0.2, 0) is 4.79 Å². The van der Waals surface area contributed by atoms with Crippen LogP contribution < -0.4 is 5.32 Å². The zero-order chi connectivity index (χ0) is 11.3. The van der Waals surface area contributed by atoms with Crippen LogP contribution in [0.25, 0.3) is 0 Å². The first kappa shape index (κ1) is 11.1. The molecule has 0 aliphatic heterocycles. The van der Waals surface area contributed by atoms with Crippen molar-refractivity contribution in [2.24, 2.45) is 0 Å². The van der Waals surface area contributed by atoms with Gasteiger partial charge in [0.25, 0.3) is 0 Å². The van der Waals surface area contributed by atoms with Gasteiger partial charge < -0.3 is 10.4 Å². The third kappa shape index (κ3) is 3.31. The third-order valence-electron chi connectivity index (χ3n) is 1.93. The molecule has 0 radical (unpaired) electrons. The number of hydrogen-bond acceptors (Lipinski definition) is 3. The molecule has 0 bridgehead atoms. The van der Waals surface area contributed by atoms with E-state index < -0.39 is 5.97 Å². The molecule has 2 N–H and O–H groups in total. The van der Waals surface area contributed by atoms with Crippen LogP contribution in [0, 0.1) is 11.3 Å². The van der Waals surface area contributed by atoms with E-state index >= 15 is 0 Å². The maximum Gasteiger partial charge on any atom is 0.305 e. The SMILES string of the molecule is CC(CC(=O)O)Nc1ccccc1C#N. The van der Waals surface area contributed by atoms with E-state index in [2.05, 4.69) is 5.32 Å². The van der Waals surface area contributed by atoms with Crippen molar-refractivity contribution in [2.45, 2.75) is 19.4 Å². The van der Waals surface area contributed by atoms with E-state index in [1.165, 1.54) is 0 Å². The van der Waals surface area contributed by atoms with Crippen molar-refractivity contribution < 1.29 is 9.90 Å². The van der Waals surface area contributed by atoms with Crippen LogP contribution in [0.15, 0.2) is 24.3 Å². The summed E-state index contributed by atoms with van der Waals surface area (Å²) >= 11 is 0. The molecule has 1 aromatic rings. The highest BCUT2D eigenvalue weighted by Gasteiger charge is 2.08. The van der Waals surface area contributed by atoms with Crippen LogP contribution in [-0.4, -0.2) is 17.1 Å². The molecule has 1 aromatic carbocycles. The second-order valence-corrected chi connectivity index (χ2v) is 3.30. The average molecular weight is 204 g/mol. The predicted octanol–water partition coefficient (Wildman–Crippen LogP) is 1.83. The zero-order valence-corrected chi connectivity index (χ0v) is 8.40. The van der Waals surface area contributed by atoms with Crippen LogP contribution in [0.5, 0.6) is 0 Å². The van der Waals surface area contributed by atoms with E-state index in [0.29, 0.717) is 11.3 Å². The summed E-state index contributed by atoms with van der Waals surface area (Å²) in [5, 5.41) is 20.4. The van der Waals surface area contributed by atoms with E-state index in [1.807, 2.05) is 6.07 Å². The van der Waals surface area contributed by atoms with E-state index in [4.69, 9.17) is 10.4 Å². The number of hydrogen-bond donors (Lipinski definition) is 2. The van der Waals surface area contributed by atoms with Gasteiger partial charge in [0.05, 0.1) is 17.7 Å². The van der Waals surface area contributed by atoms with Gasteiger partial charge in [-0.15, -0.1) is 0 Å². The van der Waals surface area contributed by atoms with Crippen LogP contribution in [0.1, 0.15) is 18.9 Å². The second-order valence-electron chi connectivity index (χ2n) is 3.30. The average Bonchev–Trinajstić information content (AvgIpc) is 2.17. The minimum atomic E-state index is -0.857. The van der Waals surface area contributed by atoms with E-state index in [9.17, 15) is 4.79 Å². The Bertz CT molecular complexity index is 396. The van der Waals surface area contributed by atoms with Gasteiger partial charge in [0.1, 0.15) is 6.07 Å². The minimum absolute atomic E-state index is 0.0275. The summed E-state index contributed by atoms with van der Waals surface area (Å²) in [7, 11) is 0. The van der Waals surface area contributed by atoms with Crippen molar-refractivity contribution in [3.63, 3.8) is 0 Å². The van der Waals surface area contributed by atoms with Crippen LogP contribution >= 0.6 is 0 Å². The molecule has 15 heavy (non-hydrogen) atoms. The van der Waals surface area contributed by atoms with Crippen LogP contribution in [0.4, 0.5) is 5.69 Å². The third-order valence-corrected chi connectivity index (χ3v) is 1.93. The van der Waals surface area contributed by atoms with Crippen molar-refractivity contribution in [2.75, 3.05) is 5.32 Å². The van der Waals surface area contributed by atoms with Crippen molar-refractivity contribution in [1.82, 2.24) is 0 Å². The molecule has 4 nitrogen and oxygen atoms in total. The van der Waals surface area contributed by atoms with Gasteiger partial charge in [0.2, 0.25) is 0 Å². The lowest BCUT2D eigenvalue weighted by atomic mass is 10.1. The smallest absolute Gasteiger partial charge is 0.305 e. The molecule has 0 aromatic heterocycles. The Morgan fingerprint density at radius 1 is 1.60 bits per heavy atom. The number of carboxylic acid groups (broad SMARTS) is 1. The molecule has 1 unspecified atom stereocenters. The Morgan fingerprint density at radius 3 is 2.87 bits per heavy atom. The Balaban J connectivity index is 2.72. The van der Waals surface area contributed by atoms with Gasteiger partial charge in [-0.2, -0.15) is 5.26 Å². The standard InChI is InChI=1S/C11H12N2O2/c1-8(6-11(14)15)13-10-5-3-2-4-9(10)7-12/h2-5,8,13H,6H2,1H3,(H,14,15). The molecule has 0 saturated carbocycles. The molecular weight excluding hydrogens is 192 g/mol. The first-order valence-corrected chi connectivity index (χ1v) is 4.61. The quantitative estimate of drug-likeness (QED) is 0.784. The van der Waals surface area contributed by atoms with E-state index in [0.717, 1.165) is 0 Å². The molecule has 0 saturated heterocycles. The molecule has 0 heterocycles. The number of anilines is 1. The maximum absolute atomic E-state index is 10.4. The Hall–Kier alpha value is -2.02. The Morgan fingerprint density at radius 2 is 2.27 bits per heavy atom. The molecule has 4 heteroatoms. The number of para-hydroxylation sites is 1. The minimum Gasteiger partial charge on any atom is -0.481 e. The summed E-state index contributed by atoms with van der Waals surface area (Å²) < 4.78 is 0. The summed E-state index contributed by atoms with van der Waals surface area (Å²) in [6.07, 6.45) is 0.0275. The number of carboxylic acids is 1. The van der Waals surface area contributed by atoms with Gasteiger partial charge in [0, 0.05) is 6.04 Å². The van der Waals surface area contributed by atoms with Crippen molar-refractivity contribution >= 4 is 11.7 Å². The summed E-state index contributed by atoms with van der Waals surface area (Å²) in [5.41, 5.74) is 1.20. The highest BCUT2D eigenvalue weighted by Crippen LogP contribution is 2.15. The molecule has 0 aliphatic carbocycles. The summed E-state index contributed by atoms with van der Waals surface area (Å²) in [4.78, 5) is 10.4. The summed E-state index contributed by atoms with van der Waals surface area (Å²) in [5.74, 6) is -0.857. The second kappa shape index (κ2) is 5.01. The molecule has 0 aliphatic rings. The van der Waals surface area contributed by atoms with Gasteiger partial charge in [-0.25, -0.2) is 0 Å².